The number of aliphatic carboxylic acids is 1. The van der Waals surface area contributed by atoms with Crippen molar-refractivity contribution in [1.82, 2.24) is 4.90 Å². The molecule has 5 heteroatoms. The van der Waals surface area contributed by atoms with E-state index >= 15 is 0 Å². The van der Waals surface area contributed by atoms with Crippen molar-refractivity contribution in [3.05, 3.63) is 35.6 Å². The lowest BCUT2D eigenvalue weighted by molar-refractivity contribution is -0.153. The fourth-order valence-corrected chi connectivity index (χ4v) is 2.19. The van der Waals surface area contributed by atoms with Crippen LogP contribution in [0.5, 0.6) is 0 Å². The molecule has 4 nitrogen and oxygen atoms in total. The minimum Gasteiger partial charge on any atom is -0.480 e. The summed E-state index contributed by atoms with van der Waals surface area (Å²) < 4.78 is 13.5. The molecule has 0 aromatic heterocycles. The van der Waals surface area contributed by atoms with Gasteiger partial charge in [-0.1, -0.05) is 18.2 Å². The van der Waals surface area contributed by atoms with Gasteiger partial charge in [-0.2, -0.15) is 0 Å². The number of hydrogen-bond acceptors (Lipinski definition) is 2. The summed E-state index contributed by atoms with van der Waals surface area (Å²) in [6.07, 6.45) is 1.33. The van der Waals surface area contributed by atoms with Gasteiger partial charge in [0.25, 0.3) is 0 Å². The van der Waals surface area contributed by atoms with E-state index in [-0.39, 0.29) is 12.5 Å². The number of carbonyl (C=O) groups is 2. The minimum absolute atomic E-state index is 0.0163. The third-order valence-corrected chi connectivity index (χ3v) is 3.15. The molecule has 1 aromatic rings. The lowest BCUT2D eigenvalue weighted by Crippen LogP contribution is -2.47. The molecule has 2 rings (SSSR count). The van der Waals surface area contributed by atoms with Crippen molar-refractivity contribution in [2.45, 2.75) is 31.8 Å². The first-order valence-corrected chi connectivity index (χ1v) is 5.85. The fourth-order valence-electron chi connectivity index (χ4n) is 2.19. The van der Waals surface area contributed by atoms with Crippen molar-refractivity contribution in [2.24, 2.45) is 0 Å². The molecule has 1 amide bonds. The van der Waals surface area contributed by atoms with Crippen molar-refractivity contribution in [1.29, 1.82) is 0 Å². The largest absolute Gasteiger partial charge is 0.480 e. The van der Waals surface area contributed by atoms with Gasteiger partial charge in [-0.3, -0.25) is 4.79 Å². The molecule has 1 saturated heterocycles. The highest BCUT2D eigenvalue weighted by Crippen LogP contribution is 2.22. The maximum absolute atomic E-state index is 13.5. The summed E-state index contributed by atoms with van der Waals surface area (Å²) in [6.45, 7) is 0.0163. The summed E-state index contributed by atoms with van der Waals surface area (Å²) in [4.78, 5) is 24.1. The molecular formula is C13H14FNO3. The predicted molar refractivity (Wildman–Crippen MR) is 62.2 cm³/mol. The number of likely N-dealkylation sites (tertiary alicyclic amines) is 1. The second-order valence-electron chi connectivity index (χ2n) is 4.36. The number of carboxylic acids is 1. The molecule has 0 unspecified atom stereocenters. The number of piperidine rings is 1. The summed E-state index contributed by atoms with van der Waals surface area (Å²) in [5, 5.41) is 9.09. The second kappa shape index (κ2) is 5.16. The molecular weight excluding hydrogens is 237 g/mol. The van der Waals surface area contributed by atoms with E-state index in [0.717, 1.165) is 0 Å². The van der Waals surface area contributed by atoms with Gasteiger partial charge >= 0.3 is 5.97 Å². The predicted octanol–water partition coefficient (Wildman–Crippen LogP) is 1.79. The van der Waals surface area contributed by atoms with Crippen LogP contribution in [0.25, 0.3) is 0 Å². The van der Waals surface area contributed by atoms with Gasteiger partial charge in [-0.15, -0.1) is 0 Å². The Morgan fingerprint density at radius 2 is 2.17 bits per heavy atom. The van der Waals surface area contributed by atoms with Crippen molar-refractivity contribution >= 4 is 11.9 Å². The van der Waals surface area contributed by atoms with Gasteiger partial charge in [-0.05, 0) is 18.9 Å². The zero-order chi connectivity index (χ0) is 13.1. The number of carboxylic acid groups (broad SMARTS) is 1. The number of nitrogens with zero attached hydrogens (tertiary/aromatic N) is 1. The molecule has 0 radical (unpaired) electrons. The Hall–Kier alpha value is -1.91. The van der Waals surface area contributed by atoms with Gasteiger partial charge in [-0.25, -0.2) is 9.18 Å². The van der Waals surface area contributed by atoms with Crippen LogP contribution in [0.2, 0.25) is 0 Å². The third-order valence-electron chi connectivity index (χ3n) is 3.15. The van der Waals surface area contributed by atoms with Crippen molar-refractivity contribution in [3.8, 4) is 0 Å². The van der Waals surface area contributed by atoms with Crippen molar-refractivity contribution in [2.75, 3.05) is 0 Å². The van der Waals surface area contributed by atoms with Crippen LogP contribution in [0, 0.1) is 5.82 Å². The van der Waals surface area contributed by atoms with Gasteiger partial charge in [0.2, 0.25) is 5.91 Å². The third kappa shape index (κ3) is 2.50. The van der Waals surface area contributed by atoms with E-state index in [1.54, 1.807) is 18.2 Å². The SMILES string of the molecule is O=C(O)[C@H]1CCCC(=O)N1Cc1ccccc1F. The number of hydrogen-bond donors (Lipinski definition) is 1. The quantitative estimate of drug-likeness (QED) is 0.891. The van der Waals surface area contributed by atoms with Crippen LogP contribution >= 0.6 is 0 Å². The summed E-state index contributed by atoms with van der Waals surface area (Å²) in [6, 6.07) is 5.26. The molecule has 1 N–H and O–H groups in total. The van der Waals surface area contributed by atoms with E-state index < -0.39 is 17.8 Å². The first kappa shape index (κ1) is 12.5. The van der Waals surface area contributed by atoms with E-state index in [1.807, 2.05) is 0 Å². The monoisotopic (exact) mass is 251 g/mol. The molecule has 0 bridgehead atoms. The smallest absolute Gasteiger partial charge is 0.326 e. The number of amides is 1. The summed E-state index contributed by atoms with van der Waals surface area (Å²) in [5.41, 5.74) is 0.346. The topological polar surface area (TPSA) is 57.6 Å². The molecule has 96 valence electrons. The highest BCUT2D eigenvalue weighted by molar-refractivity contribution is 5.84. The Morgan fingerprint density at radius 1 is 1.44 bits per heavy atom. The summed E-state index contributed by atoms with van der Waals surface area (Å²) in [7, 11) is 0. The van der Waals surface area contributed by atoms with E-state index in [1.165, 1.54) is 11.0 Å². The highest BCUT2D eigenvalue weighted by Gasteiger charge is 2.33. The molecule has 1 atom stereocenters. The average Bonchev–Trinajstić information content (AvgIpc) is 2.34. The first-order valence-electron chi connectivity index (χ1n) is 5.85. The first-order chi connectivity index (χ1) is 8.59. The van der Waals surface area contributed by atoms with E-state index in [2.05, 4.69) is 0 Å². The van der Waals surface area contributed by atoms with Gasteiger partial charge in [0.15, 0.2) is 0 Å². The number of carbonyl (C=O) groups excluding carboxylic acids is 1. The molecule has 1 aliphatic heterocycles. The lowest BCUT2D eigenvalue weighted by atomic mass is 10.0. The Kier molecular flexibility index (Phi) is 3.60. The lowest BCUT2D eigenvalue weighted by Gasteiger charge is -2.33. The molecule has 1 aliphatic rings. The van der Waals surface area contributed by atoms with Crippen molar-refractivity contribution < 1.29 is 19.1 Å². The molecule has 1 heterocycles. The van der Waals surface area contributed by atoms with Crippen LogP contribution in [0.3, 0.4) is 0 Å². The van der Waals surface area contributed by atoms with Gasteiger partial charge in [0, 0.05) is 18.5 Å². The minimum atomic E-state index is -1.03. The molecule has 0 aliphatic carbocycles. The van der Waals surface area contributed by atoms with Gasteiger partial charge in [0.05, 0.1) is 0 Å². The molecule has 1 fully saturated rings. The van der Waals surface area contributed by atoms with Crippen LogP contribution in [-0.4, -0.2) is 27.9 Å². The molecule has 18 heavy (non-hydrogen) atoms. The highest BCUT2D eigenvalue weighted by atomic mass is 19.1. The zero-order valence-electron chi connectivity index (χ0n) is 9.80. The fraction of sp³-hybridized carbons (Fsp3) is 0.385. The van der Waals surface area contributed by atoms with E-state index in [4.69, 9.17) is 5.11 Å². The van der Waals surface area contributed by atoms with Gasteiger partial charge in [0.1, 0.15) is 11.9 Å². The van der Waals surface area contributed by atoms with Crippen molar-refractivity contribution in [3.63, 3.8) is 0 Å². The van der Waals surface area contributed by atoms with E-state index in [9.17, 15) is 14.0 Å². The average molecular weight is 251 g/mol. The number of halogens is 1. The normalized spacial score (nSPS) is 19.9. The van der Waals surface area contributed by atoms with Crippen LogP contribution in [-0.2, 0) is 16.1 Å². The summed E-state index contributed by atoms with van der Waals surface area (Å²) in [5.74, 6) is -1.67. The maximum Gasteiger partial charge on any atom is 0.326 e. The number of rotatable bonds is 3. The van der Waals surface area contributed by atoms with E-state index in [0.29, 0.717) is 24.8 Å². The number of benzene rings is 1. The zero-order valence-corrected chi connectivity index (χ0v) is 9.80. The van der Waals surface area contributed by atoms with Crippen LogP contribution in [0.4, 0.5) is 4.39 Å². The Morgan fingerprint density at radius 3 is 2.83 bits per heavy atom. The maximum atomic E-state index is 13.5. The standard InChI is InChI=1S/C13H14FNO3/c14-10-5-2-1-4-9(10)8-15-11(13(17)18)6-3-7-12(15)16/h1-2,4-5,11H,3,6-8H2,(H,17,18)/t11-/m1/s1. The van der Waals surface area contributed by atoms with Crippen LogP contribution in [0.15, 0.2) is 24.3 Å². The Balaban J connectivity index is 2.21. The second-order valence-corrected chi connectivity index (χ2v) is 4.36. The molecule has 1 aromatic carbocycles. The Labute approximate surface area is 104 Å². The molecule has 0 saturated carbocycles. The van der Waals surface area contributed by atoms with Gasteiger partial charge < -0.3 is 10.0 Å². The Bertz CT molecular complexity index is 475. The summed E-state index contributed by atoms with van der Waals surface area (Å²) >= 11 is 0. The molecule has 0 spiro atoms. The van der Waals surface area contributed by atoms with Crippen LogP contribution in [0.1, 0.15) is 24.8 Å². The van der Waals surface area contributed by atoms with Crippen LogP contribution < -0.4 is 0 Å².